The Morgan fingerprint density at radius 1 is 1.12 bits per heavy atom. The standard InChI is InChI=1S/C22H26FNO2/c1-4-5-13-26-20-8-6-7-19-18(20)14-21(22(2,3)15-25)24(19)17-11-9-16(23)10-12-17/h6-12,14,25H,4-5,13,15H2,1-3H3. The molecule has 0 unspecified atom stereocenters. The van der Waals surface area contributed by atoms with E-state index in [1.807, 2.05) is 32.0 Å². The van der Waals surface area contributed by atoms with Gasteiger partial charge in [-0.3, -0.25) is 0 Å². The van der Waals surface area contributed by atoms with Gasteiger partial charge in [-0.05, 0) is 48.9 Å². The molecule has 3 rings (SSSR count). The van der Waals surface area contributed by atoms with Crippen LogP contribution < -0.4 is 4.74 Å². The lowest BCUT2D eigenvalue weighted by molar-refractivity contribution is 0.214. The first-order valence-electron chi connectivity index (χ1n) is 9.12. The quantitative estimate of drug-likeness (QED) is 0.590. The summed E-state index contributed by atoms with van der Waals surface area (Å²) in [6, 6.07) is 14.5. The fraction of sp³-hybridized carbons (Fsp3) is 0.364. The fourth-order valence-corrected chi connectivity index (χ4v) is 3.10. The molecule has 4 heteroatoms. The largest absolute Gasteiger partial charge is 0.493 e. The van der Waals surface area contributed by atoms with Gasteiger partial charge in [0.1, 0.15) is 11.6 Å². The Hall–Kier alpha value is -2.33. The number of hydrogen-bond acceptors (Lipinski definition) is 2. The van der Waals surface area contributed by atoms with Crippen LogP contribution in [0.2, 0.25) is 0 Å². The van der Waals surface area contributed by atoms with Crippen molar-refractivity contribution < 1.29 is 14.2 Å². The van der Waals surface area contributed by atoms with Crippen molar-refractivity contribution in [3.8, 4) is 11.4 Å². The van der Waals surface area contributed by atoms with E-state index in [-0.39, 0.29) is 12.4 Å². The second kappa shape index (κ2) is 7.50. The zero-order valence-corrected chi connectivity index (χ0v) is 15.6. The first-order valence-corrected chi connectivity index (χ1v) is 9.12. The third-order valence-corrected chi connectivity index (χ3v) is 4.73. The molecular weight excluding hydrogens is 329 g/mol. The molecule has 1 aromatic heterocycles. The average molecular weight is 355 g/mol. The van der Waals surface area contributed by atoms with Crippen molar-refractivity contribution in [2.45, 2.75) is 39.0 Å². The lowest BCUT2D eigenvalue weighted by atomic mass is 9.90. The normalized spacial score (nSPS) is 11.9. The number of ether oxygens (including phenoxy) is 1. The highest BCUT2D eigenvalue weighted by Crippen LogP contribution is 2.36. The molecule has 0 amide bonds. The number of aromatic nitrogens is 1. The van der Waals surface area contributed by atoms with E-state index in [2.05, 4.69) is 17.6 Å². The highest BCUT2D eigenvalue weighted by Gasteiger charge is 2.27. The summed E-state index contributed by atoms with van der Waals surface area (Å²) in [6.45, 7) is 6.82. The lowest BCUT2D eigenvalue weighted by Gasteiger charge is -2.24. The zero-order chi connectivity index (χ0) is 18.7. The van der Waals surface area contributed by atoms with Gasteiger partial charge in [0.2, 0.25) is 0 Å². The SMILES string of the molecule is CCCCOc1cccc2c1cc(C(C)(C)CO)n2-c1ccc(F)cc1. The maximum atomic E-state index is 13.4. The van der Waals surface area contributed by atoms with E-state index in [1.54, 1.807) is 12.1 Å². The van der Waals surface area contributed by atoms with Gasteiger partial charge in [0, 0.05) is 22.2 Å². The molecular formula is C22H26FNO2. The van der Waals surface area contributed by atoms with Crippen LogP contribution in [-0.4, -0.2) is 22.9 Å². The molecule has 0 aliphatic carbocycles. The predicted molar refractivity (Wildman–Crippen MR) is 104 cm³/mol. The minimum Gasteiger partial charge on any atom is -0.493 e. The van der Waals surface area contributed by atoms with Crippen molar-refractivity contribution in [3.05, 3.63) is 60.0 Å². The Labute approximate surface area is 154 Å². The lowest BCUT2D eigenvalue weighted by Crippen LogP contribution is -2.25. The second-order valence-electron chi connectivity index (χ2n) is 7.27. The molecule has 2 aromatic carbocycles. The minimum atomic E-state index is -0.450. The van der Waals surface area contributed by atoms with Gasteiger partial charge < -0.3 is 14.4 Å². The van der Waals surface area contributed by atoms with E-state index in [9.17, 15) is 9.50 Å². The van der Waals surface area contributed by atoms with Gasteiger partial charge in [0.15, 0.2) is 0 Å². The van der Waals surface area contributed by atoms with E-state index in [1.165, 1.54) is 12.1 Å². The number of aliphatic hydroxyl groups is 1. The molecule has 0 saturated heterocycles. The van der Waals surface area contributed by atoms with Crippen molar-refractivity contribution in [1.82, 2.24) is 4.57 Å². The number of nitrogens with zero attached hydrogens (tertiary/aromatic N) is 1. The summed E-state index contributed by atoms with van der Waals surface area (Å²) in [5.74, 6) is 0.573. The summed E-state index contributed by atoms with van der Waals surface area (Å²) in [4.78, 5) is 0. The number of aliphatic hydroxyl groups excluding tert-OH is 1. The van der Waals surface area contributed by atoms with Crippen LogP contribution in [0.1, 0.15) is 39.3 Å². The molecule has 138 valence electrons. The molecule has 3 nitrogen and oxygen atoms in total. The number of halogens is 1. The van der Waals surface area contributed by atoms with Gasteiger partial charge in [-0.25, -0.2) is 4.39 Å². The number of benzene rings is 2. The summed E-state index contributed by atoms with van der Waals surface area (Å²) in [5, 5.41) is 10.9. The molecule has 0 aliphatic rings. The van der Waals surface area contributed by atoms with Crippen molar-refractivity contribution in [1.29, 1.82) is 0 Å². The number of unbranched alkanes of at least 4 members (excludes halogenated alkanes) is 1. The van der Waals surface area contributed by atoms with Gasteiger partial charge in [0.25, 0.3) is 0 Å². The molecule has 0 bridgehead atoms. The van der Waals surface area contributed by atoms with Gasteiger partial charge in [0.05, 0.1) is 18.7 Å². The third-order valence-electron chi connectivity index (χ3n) is 4.73. The van der Waals surface area contributed by atoms with Crippen molar-refractivity contribution >= 4 is 10.9 Å². The molecule has 0 radical (unpaired) electrons. The van der Waals surface area contributed by atoms with Crippen LogP contribution in [0, 0.1) is 5.82 Å². The van der Waals surface area contributed by atoms with Crippen molar-refractivity contribution in [3.63, 3.8) is 0 Å². The Balaban J connectivity index is 2.21. The van der Waals surface area contributed by atoms with Crippen LogP contribution in [0.4, 0.5) is 4.39 Å². The Kier molecular flexibility index (Phi) is 5.33. The van der Waals surface area contributed by atoms with Crippen LogP contribution in [0.15, 0.2) is 48.5 Å². The summed E-state index contributed by atoms with van der Waals surface area (Å²) in [6.07, 6.45) is 2.08. The Bertz CT molecular complexity index is 881. The molecule has 0 aliphatic heterocycles. The predicted octanol–water partition coefficient (Wildman–Crippen LogP) is 5.22. The number of rotatable bonds is 7. The monoisotopic (exact) mass is 355 g/mol. The van der Waals surface area contributed by atoms with E-state index >= 15 is 0 Å². The first-order chi connectivity index (χ1) is 12.5. The molecule has 0 fully saturated rings. The second-order valence-corrected chi connectivity index (χ2v) is 7.27. The molecule has 0 atom stereocenters. The van der Waals surface area contributed by atoms with Gasteiger partial charge in [-0.1, -0.05) is 33.3 Å². The maximum absolute atomic E-state index is 13.4. The van der Waals surface area contributed by atoms with Crippen LogP contribution in [0.25, 0.3) is 16.6 Å². The van der Waals surface area contributed by atoms with E-state index < -0.39 is 5.41 Å². The number of fused-ring (bicyclic) bond motifs is 1. The van der Waals surface area contributed by atoms with E-state index in [0.717, 1.165) is 40.9 Å². The Morgan fingerprint density at radius 2 is 1.85 bits per heavy atom. The maximum Gasteiger partial charge on any atom is 0.128 e. The summed E-state index contributed by atoms with van der Waals surface area (Å²) in [5.41, 5.74) is 2.37. The van der Waals surface area contributed by atoms with Crippen LogP contribution in [0.5, 0.6) is 5.75 Å². The zero-order valence-electron chi connectivity index (χ0n) is 15.6. The van der Waals surface area contributed by atoms with E-state index in [0.29, 0.717) is 6.61 Å². The third kappa shape index (κ3) is 3.47. The number of hydrogen-bond donors (Lipinski definition) is 1. The van der Waals surface area contributed by atoms with Crippen LogP contribution in [0.3, 0.4) is 0 Å². The molecule has 0 spiro atoms. The van der Waals surface area contributed by atoms with Gasteiger partial charge >= 0.3 is 0 Å². The smallest absolute Gasteiger partial charge is 0.128 e. The van der Waals surface area contributed by atoms with Crippen LogP contribution in [-0.2, 0) is 5.41 Å². The van der Waals surface area contributed by atoms with Gasteiger partial charge in [-0.2, -0.15) is 0 Å². The highest BCUT2D eigenvalue weighted by molar-refractivity contribution is 5.89. The molecule has 1 N–H and O–H groups in total. The van der Waals surface area contributed by atoms with Crippen LogP contribution >= 0.6 is 0 Å². The summed E-state index contributed by atoms with van der Waals surface area (Å²) in [7, 11) is 0. The van der Waals surface area contributed by atoms with Crippen molar-refractivity contribution in [2.24, 2.45) is 0 Å². The van der Waals surface area contributed by atoms with E-state index in [4.69, 9.17) is 4.74 Å². The average Bonchev–Trinajstić information content (AvgIpc) is 3.04. The van der Waals surface area contributed by atoms with Crippen molar-refractivity contribution in [2.75, 3.05) is 13.2 Å². The molecule has 3 aromatic rings. The molecule has 1 heterocycles. The minimum absolute atomic E-state index is 0.0105. The first kappa shape index (κ1) is 18.5. The summed E-state index contributed by atoms with van der Waals surface area (Å²) < 4.78 is 21.5. The fourth-order valence-electron chi connectivity index (χ4n) is 3.10. The van der Waals surface area contributed by atoms with Gasteiger partial charge in [-0.15, -0.1) is 0 Å². The highest BCUT2D eigenvalue weighted by atomic mass is 19.1. The molecule has 26 heavy (non-hydrogen) atoms. The molecule has 0 saturated carbocycles. The summed E-state index contributed by atoms with van der Waals surface area (Å²) >= 11 is 0. The topological polar surface area (TPSA) is 34.4 Å². The Morgan fingerprint density at radius 3 is 2.50 bits per heavy atom.